The molecule has 0 radical (unpaired) electrons. The summed E-state index contributed by atoms with van der Waals surface area (Å²) in [5.74, 6) is 0. The van der Waals surface area contributed by atoms with Gasteiger partial charge in [-0.25, -0.2) is 8.42 Å². The van der Waals surface area contributed by atoms with E-state index in [4.69, 9.17) is 12.2 Å². The fraction of sp³-hybridized carbons (Fsp3) is 0.267. The Hall–Kier alpha value is -3.69. The van der Waals surface area contributed by atoms with Gasteiger partial charge < -0.3 is 14.8 Å². The van der Waals surface area contributed by atoms with Crippen LogP contribution in [0.2, 0.25) is 0 Å². The molecule has 5 rings (SSSR count). The first kappa shape index (κ1) is 26.9. The Morgan fingerprint density at radius 3 is 2.44 bits per heavy atom. The average molecular weight is 560 g/mol. The van der Waals surface area contributed by atoms with Crippen molar-refractivity contribution in [3.63, 3.8) is 0 Å². The van der Waals surface area contributed by atoms with Gasteiger partial charge in [-0.3, -0.25) is 9.71 Å². The van der Waals surface area contributed by atoms with Gasteiger partial charge in [-0.05, 0) is 98.6 Å². The summed E-state index contributed by atoms with van der Waals surface area (Å²) < 4.78 is 28.6. The van der Waals surface area contributed by atoms with Crippen molar-refractivity contribution in [1.29, 1.82) is 0 Å². The van der Waals surface area contributed by atoms with Crippen LogP contribution in [-0.4, -0.2) is 29.3 Å². The zero-order valence-corrected chi connectivity index (χ0v) is 24.4. The summed E-state index contributed by atoms with van der Waals surface area (Å²) in [7, 11) is -3.39. The van der Waals surface area contributed by atoms with E-state index in [1.807, 2.05) is 37.3 Å². The molecule has 39 heavy (non-hydrogen) atoms. The molecule has 2 atom stereocenters. The maximum atomic E-state index is 11.9. The third-order valence-corrected chi connectivity index (χ3v) is 8.19. The third kappa shape index (κ3) is 5.16. The highest BCUT2D eigenvalue weighted by atomic mass is 32.2. The topological polar surface area (TPSA) is 79.3 Å². The number of thiocarbonyl (C=S) groups is 1. The van der Waals surface area contributed by atoms with Crippen molar-refractivity contribution in [3.8, 4) is 5.69 Å². The second-order valence-corrected chi connectivity index (χ2v) is 12.1. The number of aryl methyl sites for hydroxylation is 3. The standard InChI is InChI=1S/C30H33N5O2S2/c1-6-22-11-7-8-13-27(22)34-20(3)18-24(21(34)4)29-28(26-12-9-10-16-31-26)32-30(38)35(29)23-14-15-25(19(2)17-23)33-39(5,36)37/h7-18,28-29,33H,6H2,1-5H3,(H,32,38)/t28-,29-/m1/s1. The Bertz CT molecular complexity index is 1650. The first-order chi connectivity index (χ1) is 18.6. The number of para-hydroxylation sites is 1. The van der Waals surface area contributed by atoms with Crippen molar-refractivity contribution < 1.29 is 8.42 Å². The predicted molar refractivity (Wildman–Crippen MR) is 162 cm³/mol. The van der Waals surface area contributed by atoms with Crippen LogP contribution in [0.4, 0.5) is 11.4 Å². The molecule has 9 heteroatoms. The highest BCUT2D eigenvalue weighted by Crippen LogP contribution is 2.44. The molecule has 1 aliphatic heterocycles. The maximum Gasteiger partial charge on any atom is 0.229 e. The van der Waals surface area contributed by atoms with Gasteiger partial charge in [0.1, 0.15) is 0 Å². The van der Waals surface area contributed by atoms with E-state index >= 15 is 0 Å². The van der Waals surface area contributed by atoms with Gasteiger partial charge in [-0.15, -0.1) is 0 Å². The monoisotopic (exact) mass is 559 g/mol. The molecule has 2 aromatic carbocycles. The molecule has 0 amide bonds. The lowest BCUT2D eigenvalue weighted by molar-refractivity contribution is 0.565. The minimum absolute atomic E-state index is 0.172. The van der Waals surface area contributed by atoms with E-state index in [1.165, 1.54) is 11.3 Å². The second kappa shape index (κ2) is 10.5. The van der Waals surface area contributed by atoms with Gasteiger partial charge in [0.25, 0.3) is 0 Å². The first-order valence-corrected chi connectivity index (χ1v) is 15.2. The highest BCUT2D eigenvalue weighted by Gasteiger charge is 2.42. The minimum Gasteiger partial charge on any atom is -0.351 e. The van der Waals surface area contributed by atoms with Crippen molar-refractivity contribution in [3.05, 3.63) is 107 Å². The average Bonchev–Trinajstić information content (AvgIpc) is 3.39. The van der Waals surface area contributed by atoms with Crippen LogP contribution in [0.15, 0.2) is 72.9 Å². The molecule has 0 aliphatic carbocycles. The Morgan fingerprint density at radius 1 is 1.03 bits per heavy atom. The van der Waals surface area contributed by atoms with E-state index in [9.17, 15) is 8.42 Å². The first-order valence-electron chi connectivity index (χ1n) is 12.9. The van der Waals surface area contributed by atoms with Crippen molar-refractivity contribution in [1.82, 2.24) is 14.9 Å². The second-order valence-electron chi connectivity index (χ2n) is 10.0. The molecule has 1 fully saturated rings. The number of anilines is 2. The molecular weight excluding hydrogens is 526 g/mol. The van der Waals surface area contributed by atoms with E-state index in [0.29, 0.717) is 10.8 Å². The van der Waals surface area contributed by atoms with Crippen molar-refractivity contribution >= 4 is 38.7 Å². The molecule has 0 bridgehead atoms. The number of nitrogens with zero attached hydrogens (tertiary/aromatic N) is 3. The molecule has 0 spiro atoms. The summed E-state index contributed by atoms with van der Waals surface area (Å²) in [6.07, 6.45) is 3.89. The van der Waals surface area contributed by atoms with Crippen molar-refractivity contribution in [2.45, 2.75) is 46.2 Å². The summed E-state index contributed by atoms with van der Waals surface area (Å²) in [4.78, 5) is 6.81. The van der Waals surface area contributed by atoms with E-state index in [-0.39, 0.29) is 12.1 Å². The van der Waals surface area contributed by atoms with Crippen LogP contribution in [0.3, 0.4) is 0 Å². The fourth-order valence-electron chi connectivity index (χ4n) is 5.55. The van der Waals surface area contributed by atoms with Crippen LogP contribution in [0.5, 0.6) is 0 Å². The summed E-state index contributed by atoms with van der Waals surface area (Å²) in [5.41, 5.74) is 9.04. The Kier molecular flexibility index (Phi) is 7.22. The summed E-state index contributed by atoms with van der Waals surface area (Å²) in [5, 5.41) is 4.13. The molecule has 2 N–H and O–H groups in total. The van der Waals surface area contributed by atoms with E-state index in [0.717, 1.165) is 46.6 Å². The van der Waals surface area contributed by atoms with Crippen LogP contribution in [0, 0.1) is 20.8 Å². The van der Waals surface area contributed by atoms with Crippen molar-refractivity contribution in [2.75, 3.05) is 15.9 Å². The van der Waals surface area contributed by atoms with Gasteiger partial charge in [0.15, 0.2) is 5.11 Å². The molecule has 0 saturated carbocycles. The van der Waals surface area contributed by atoms with Crippen LogP contribution in [-0.2, 0) is 16.4 Å². The number of rotatable bonds is 7. The molecule has 0 unspecified atom stereocenters. The largest absolute Gasteiger partial charge is 0.351 e. The zero-order chi connectivity index (χ0) is 27.9. The zero-order valence-electron chi connectivity index (χ0n) is 22.8. The number of pyridine rings is 1. The van der Waals surface area contributed by atoms with Gasteiger partial charge in [0.2, 0.25) is 10.0 Å². The van der Waals surface area contributed by atoms with Crippen LogP contribution < -0.4 is 14.9 Å². The Balaban J connectivity index is 1.66. The summed E-state index contributed by atoms with van der Waals surface area (Å²) in [6.45, 7) is 8.37. The van der Waals surface area contributed by atoms with Gasteiger partial charge >= 0.3 is 0 Å². The van der Waals surface area contributed by atoms with E-state index in [2.05, 4.69) is 75.6 Å². The van der Waals surface area contributed by atoms with E-state index < -0.39 is 10.0 Å². The number of sulfonamides is 1. The maximum absolute atomic E-state index is 11.9. The molecule has 1 saturated heterocycles. The van der Waals surface area contributed by atoms with Crippen LogP contribution >= 0.6 is 12.2 Å². The molecule has 7 nitrogen and oxygen atoms in total. The smallest absolute Gasteiger partial charge is 0.229 e. The van der Waals surface area contributed by atoms with Gasteiger partial charge in [-0.2, -0.15) is 0 Å². The van der Waals surface area contributed by atoms with Gasteiger partial charge in [0, 0.05) is 29.0 Å². The fourth-order valence-corrected chi connectivity index (χ4v) is 6.52. The quantitative estimate of drug-likeness (QED) is 0.274. The third-order valence-electron chi connectivity index (χ3n) is 7.28. The van der Waals surface area contributed by atoms with Gasteiger partial charge in [0.05, 0.1) is 29.7 Å². The Labute approximate surface area is 235 Å². The molecule has 3 heterocycles. The predicted octanol–water partition coefficient (Wildman–Crippen LogP) is 5.91. The summed E-state index contributed by atoms with van der Waals surface area (Å²) >= 11 is 5.93. The number of hydrogen-bond acceptors (Lipinski definition) is 4. The van der Waals surface area contributed by atoms with Crippen LogP contribution in [0.1, 0.15) is 52.8 Å². The highest BCUT2D eigenvalue weighted by molar-refractivity contribution is 7.92. The molecule has 2 aromatic heterocycles. The lowest BCUT2D eigenvalue weighted by Crippen LogP contribution is -2.29. The van der Waals surface area contributed by atoms with Crippen molar-refractivity contribution in [2.24, 2.45) is 0 Å². The number of aromatic nitrogens is 2. The lowest BCUT2D eigenvalue weighted by Gasteiger charge is -2.29. The minimum atomic E-state index is -3.39. The summed E-state index contributed by atoms with van der Waals surface area (Å²) in [6, 6.07) is 22.0. The number of hydrogen-bond donors (Lipinski definition) is 2. The van der Waals surface area contributed by atoms with Crippen LogP contribution in [0.25, 0.3) is 5.69 Å². The van der Waals surface area contributed by atoms with Gasteiger partial charge in [-0.1, -0.05) is 31.2 Å². The molecule has 4 aromatic rings. The number of benzene rings is 2. The Morgan fingerprint density at radius 2 is 1.77 bits per heavy atom. The molecule has 1 aliphatic rings. The molecular formula is C30H33N5O2S2. The molecule has 202 valence electrons. The number of nitrogens with one attached hydrogen (secondary N) is 2. The lowest BCUT2D eigenvalue weighted by atomic mass is 9.96. The van der Waals surface area contributed by atoms with E-state index in [1.54, 1.807) is 12.3 Å². The normalized spacial score (nSPS) is 17.4. The SMILES string of the molecule is CCc1ccccc1-n1c(C)cc([C@@H]2[C@@H](c3ccccn3)NC(=S)N2c2ccc(NS(C)(=O)=O)c(C)c2)c1C.